The number of benzene rings is 3. The van der Waals surface area contributed by atoms with Gasteiger partial charge in [-0.3, -0.25) is 24.1 Å². The molecule has 6 rings (SSSR count). The molecular weight excluding hydrogens is 490 g/mol. The highest BCUT2D eigenvalue weighted by atomic mass is 16.2. The summed E-state index contributed by atoms with van der Waals surface area (Å²) in [6, 6.07) is 25.5. The van der Waals surface area contributed by atoms with Crippen LogP contribution in [0.5, 0.6) is 0 Å². The molecule has 7 nitrogen and oxygen atoms in total. The van der Waals surface area contributed by atoms with Gasteiger partial charge in [-0.25, -0.2) is 0 Å². The van der Waals surface area contributed by atoms with E-state index >= 15 is 0 Å². The summed E-state index contributed by atoms with van der Waals surface area (Å²) in [6.07, 6.45) is 0.163. The first-order chi connectivity index (χ1) is 18.9. The molecule has 3 aromatic rings. The van der Waals surface area contributed by atoms with Crippen LogP contribution in [0.3, 0.4) is 0 Å². The van der Waals surface area contributed by atoms with Crippen LogP contribution in [-0.4, -0.2) is 63.0 Å². The number of likely N-dealkylation sites (N-methyl/N-ethyl adjacent to an activating group) is 1. The minimum atomic E-state index is -1.49. The van der Waals surface area contributed by atoms with Crippen molar-refractivity contribution in [2.45, 2.75) is 38.4 Å². The first-order valence-corrected chi connectivity index (χ1v) is 13.5. The smallest absolute Gasteiger partial charge is 0.255 e. The predicted molar refractivity (Wildman–Crippen MR) is 145 cm³/mol. The molecule has 3 aliphatic rings. The second kappa shape index (κ2) is 9.49. The first kappa shape index (κ1) is 25.0. The van der Waals surface area contributed by atoms with Crippen molar-refractivity contribution in [3.63, 3.8) is 0 Å². The maximum atomic E-state index is 14.5. The summed E-state index contributed by atoms with van der Waals surface area (Å²) in [5.41, 5.74) is 1.65. The van der Waals surface area contributed by atoms with E-state index < -0.39 is 23.4 Å². The zero-order valence-electron chi connectivity index (χ0n) is 22.1. The second-order valence-corrected chi connectivity index (χ2v) is 10.8. The molecule has 3 unspecified atom stereocenters. The molecule has 0 aromatic heterocycles. The van der Waals surface area contributed by atoms with Crippen molar-refractivity contribution in [1.82, 2.24) is 14.7 Å². The molecule has 7 heteroatoms. The number of amides is 4. The molecule has 2 bridgehead atoms. The van der Waals surface area contributed by atoms with Crippen LogP contribution in [0.15, 0.2) is 84.9 Å². The fourth-order valence-corrected chi connectivity index (χ4v) is 6.80. The number of likely N-dealkylation sites (tertiary alicyclic amines) is 2. The lowest BCUT2D eigenvalue weighted by molar-refractivity contribution is -0.156. The van der Waals surface area contributed by atoms with Crippen LogP contribution in [0.1, 0.15) is 34.0 Å². The van der Waals surface area contributed by atoms with Crippen LogP contribution in [0.25, 0.3) is 0 Å². The van der Waals surface area contributed by atoms with Gasteiger partial charge >= 0.3 is 0 Å². The van der Waals surface area contributed by atoms with Crippen molar-refractivity contribution in [2.75, 3.05) is 13.1 Å². The molecule has 198 valence electrons. The van der Waals surface area contributed by atoms with Gasteiger partial charge in [-0.1, -0.05) is 78.4 Å². The molecule has 39 heavy (non-hydrogen) atoms. The van der Waals surface area contributed by atoms with E-state index in [9.17, 15) is 19.2 Å². The van der Waals surface area contributed by atoms with Crippen LogP contribution < -0.4 is 0 Å². The number of carbonyl (C=O) groups excluding carboxylic acids is 4. The number of fused-ring (bicyclic) bond motifs is 5. The molecule has 0 N–H and O–H groups in total. The second-order valence-electron chi connectivity index (χ2n) is 10.8. The quantitative estimate of drug-likeness (QED) is 0.466. The van der Waals surface area contributed by atoms with Crippen molar-refractivity contribution in [3.8, 4) is 0 Å². The van der Waals surface area contributed by atoms with Gasteiger partial charge in [0.1, 0.15) is 5.54 Å². The normalized spacial score (nSPS) is 25.8. The summed E-state index contributed by atoms with van der Waals surface area (Å²) in [5.74, 6) is -2.98. The van der Waals surface area contributed by atoms with Gasteiger partial charge in [-0.2, -0.15) is 0 Å². The number of aryl methyl sites for hydroxylation is 1. The molecule has 0 spiro atoms. The number of hydrogen-bond acceptors (Lipinski definition) is 4. The van der Waals surface area contributed by atoms with Gasteiger partial charge in [0.25, 0.3) is 5.91 Å². The minimum Gasteiger partial charge on any atom is -0.339 e. The Morgan fingerprint density at radius 3 is 2.08 bits per heavy atom. The Bertz CT molecular complexity index is 1440. The summed E-state index contributed by atoms with van der Waals surface area (Å²) in [4.78, 5) is 61.6. The van der Waals surface area contributed by atoms with Crippen LogP contribution in [-0.2, 0) is 27.3 Å². The highest BCUT2D eigenvalue weighted by Gasteiger charge is 2.75. The average Bonchev–Trinajstić information content (AvgIpc) is 3.33. The zero-order chi connectivity index (χ0) is 27.3. The van der Waals surface area contributed by atoms with Crippen LogP contribution in [0, 0.1) is 18.8 Å². The third-order valence-electron chi connectivity index (χ3n) is 8.60. The number of hydrogen-bond donors (Lipinski definition) is 0. The summed E-state index contributed by atoms with van der Waals surface area (Å²) in [6.45, 7) is 4.65. The minimum absolute atomic E-state index is 0.150. The van der Waals surface area contributed by atoms with Crippen LogP contribution >= 0.6 is 0 Å². The molecule has 4 amide bonds. The Hall–Kier alpha value is -4.26. The lowest BCUT2D eigenvalue weighted by Crippen LogP contribution is -2.70. The first-order valence-electron chi connectivity index (χ1n) is 13.5. The van der Waals surface area contributed by atoms with E-state index in [1.54, 1.807) is 21.9 Å². The molecule has 3 aromatic carbocycles. The number of piperazine rings is 1. The predicted octanol–water partition coefficient (Wildman–Crippen LogP) is 3.46. The Balaban J connectivity index is 1.51. The topological polar surface area (TPSA) is 78.0 Å². The third-order valence-corrected chi connectivity index (χ3v) is 8.60. The van der Waals surface area contributed by atoms with E-state index in [1.165, 1.54) is 4.90 Å². The highest BCUT2D eigenvalue weighted by molar-refractivity contribution is 6.13. The summed E-state index contributed by atoms with van der Waals surface area (Å²) >= 11 is 0. The van der Waals surface area contributed by atoms with Crippen molar-refractivity contribution >= 4 is 23.6 Å². The largest absolute Gasteiger partial charge is 0.339 e. The van der Waals surface area contributed by atoms with Gasteiger partial charge in [0.15, 0.2) is 0 Å². The number of imide groups is 1. The van der Waals surface area contributed by atoms with Gasteiger partial charge in [0, 0.05) is 25.1 Å². The molecule has 0 saturated carbocycles. The van der Waals surface area contributed by atoms with Crippen LogP contribution in [0.4, 0.5) is 0 Å². The zero-order valence-corrected chi connectivity index (χ0v) is 22.1. The number of carbonyl (C=O) groups is 4. The summed E-state index contributed by atoms with van der Waals surface area (Å²) < 4.78 is 0. The standard InChI is InChI=1S/C32H31N3O4/c1-3-33-20-25-26-27(30(38)34(29(26)37)19-23-12-8-5-9-13-23)32(31(33)39,18-22-10-6-4-7-11-22)35(25)28(36)24-16-14-21(2)15-17-24/h4-17,25-27H,3,18-20H2,1-2H3/t25?,26?,27?,32-/m1/s1. The molecule has 0 aliphatic carbocycles. The fraction of sp³-hybridized carbons (Fsp3) is 0.312. The number of rotatable bonds is 6. The molecule has 3 fully saturated rings. The Kier molecular flexibility index (Phi) is 6.09. The molecule has 4 atom stereocenters. The molecule has 3 saturated heterocycles. The van der Waals surface area contributed by atoms with E-state index in [0.717, 1.165) is 16.7 Å². The van der Waals surface area contributed by atoms with Crippen molar-refractivity contribution in [2.24, 2.45) is 11.8 Å². The van der Waals surface area contributed by atoms with Gasteiger partial charge in [0.2, 0.25) is 17.7 Å². The van der Waals surface area contributed by atoms with Gasteiger partial charge in [-0.15, -0.1) is 0 Å². The Labute approximate surface area is 228 Å². The van der Waals surface area contributed by atoms with E-state index in [0.29, 0.717) is 12.1 Å². The Morgan fingerprint density at radius 1 is 0.846 bits per heavy atom. The number of nitrogens with zero attached hydrogens (tertiary/aromatic N) is 3. The average molecular weight is 522 g/mol. The third kappa shape index (κ3) is 3.79. The molecule has 3 heterocycles. The maximum absolute atomic E-state index is 14.5. The molecular formula is C32H31N3O4. The summed E-state index contributed by atoms with van der Waals surface area (Å²) in [7, 11) is 0. The van der Waals surface area contributed by atoms with Crippen molar-refractivity contribution < 1.29 is 19.2 Å². The van der Waals surface area contributed by atoms with E-state index in [-0.39, 0.29) is 43.1 Å². The van der Waals surface area contributed by atoms with E-state index in [4.69, 9.17) is 0 Å². The molecule has 3 aliphatic heterocycles. The lowest BCUT2D eigenvalue weighted by atomic mass is 9.75. The molecule has 0 radical (unpaired) electrons. The van der Waals surface area contributed by atoms with Gasteiger partial charge in [-0.05, 0) is 37.1 Å². The highest BCUT2D eigenvalue weighted by Crippen LogP contribution is 2.54. The maximum Gasteiger partial charge on any atom is 0.255 e. The van der Waals surface area contributed by atoms with Gasteiger partial charge < -0.3 is 9.80 Å². The fourth-order valence-electron chi connectivity index (χ4n) is 6.80. The van der Waals surface area contributed by atoms with E-state index in [1.807, 2.05) is 86.6 Å². The van der Waals surface area contributed by atoms with Crippen molar-refractivity contribution in [1.29, 1.82) is 0 Å². The SMILES string of the molecule is CCN1CC2C3C(=O)N(Cc4ccccc4)C(=O)C3[C@](Cc3ccccc3)(C1=O)N2C(=O)c1ccc(C)cc1. The summed E-state index contributed by atoms with van der Waals surface area (Å²) in [5, 5.41) is 0. The Morgan fingerprint density at radius 2 is 1.46 bits per heavy atom. The van der Waals surface area contributed by atoms with E-state index in [2.05, 4.69) is 0 Å². The van der Waals surface area contributed by atoms with Crippen molar-refractivity contribution in [3.05, 3.63) is 107 Å². The van der Waals surface area contributed by atoms with Crippen LogP contribution in [0.2, 0.25) is 0 Å². The van der Waals surface area contributed by atoms with Gasteiger partial charge in [0.05, 0.1) is 24.4 Å². The lowest BCUT2D eigenvalue weighted by Gasteiger charge is -2.49. The monoisotopic (exact) mass is 521 g/mol.